The highest BCUT2D eigenvalue weighted by Gasteiger charge is 2.27. The van der Waals surface area contributed by atoms with Crippen LogP contribution in [-0.2, 0) is 43.2 Å². The zero-order valence-electron chi connectivity index (χ0n) is 26.8. The van der Waals surface area contributed by atoms with Gasteiger partial charge >= 0.3 is 5.97 Å². The molecule has 12 heteroatoms. The lowest BCUT2D eigenvalue weighted by Gasteiger charge is -2.34. The molecule has 5 N–H and O–H groups in total. The molecule has 5 aliphatic heterocycles. The largest absolute Gasteiger partial charge is 0.480 e. The van der Waals surface area contributed by atoms with E-state index >= 15 is 0 Å². The second-order valence-electron chi connectivity index (χ2n) is 12.3. The van der Waals surface area contributed by atoms with Crippen LogP contribution in [-0.4, -0.2) is 95.9 Å². The highest BCUT2D eigenvalue weighted by Crippen LogP contribution is 2.15. The van der Waals surface area contributed by atoms with Crippen molar-refractivity contribution in [3.8, 4) is 0 Å². The van der Waals surface area contributed by atoms with Crippen LogP contribution in [0, 0.1) is 0 Å². The molecule has 0 radical (unpaired) electrons. The van der Waals surface area contributed by atoms with Crippen molar-refractivity contribution in [2.24, 2.45) is 0 Å². The molecular formula is C36H42N6O6. The van der Waals surface area contributed by atoms with Crippen molar-refractivity contribution in [2.45, 2.75) is 44.2 Å². The van der Waals surface area contributed by atoms with Crippen LogP contribution in [0.25, 0.3) is 0 Å². The predicted octanol–water partition coefficient (Wildman–Crippen LogP) is 2.06. The van der Waals surface area contributed by atoms with Gasteiger partial charge in [-0.2, -0.15) is 0 Å². The molecule has 4 amide bonds. The van der Waals surface area contributed by atoms with Crippen molar-refractivity contribution < 1.29 is 29.1 Å². The number of hydrogen-bond donors (Lipinski definition) is 5. The topological polar surface area (TPSA) is 160 Å². The third-order valence-electron chi connectivity index (χ3n) is 8.60. The summed E-state index contributed by atoms with van der Waals surface area (Å²) >= 11 is 0. The molecule has 0 aromatic heterocycles. The van der Waals surface area contributed by atoms with Gasteiger partial charge in [0.25, 0.3) is 0 Å². The lowest BCUT2D eigenvalue weighted by molar-refractivity contribution is -0.142. The van der Waals surface area contributed by atoms with Crippen molar-refractivity contribution in [1.82, 2.24) is 20.4 Å². The molecular weight excluding hydrogens is 612 g/mol. The van der Waals surface area contributed by atoms with Gasteiger partial charge in [-0.3, -0.25) is 19.2 Å². The van der Waals surface area contributed by atoms with Crippen LogP contribution in [0.2, 0.25) is 0 Å². The van der Waals surface area contributed by atoms with Gasteiger partial charge in [0.15, 0.2) is 0 Å². The molecule has 3 aromatic rings. The first kappa shape index (κ1) is 34.3. The number of carboxylic acid groups (broad SMARTS) is 1. The molecule has 5 heterocycles. The van der Waals surface area contributed by atoms with Crippen molar-refractivity contribution in [3.05, 3.63) is 95.6 Å². The van der Waals surface area contributed by atoms with E-state index in [1.54, 1.807) is 48.5 Å². The first-order valence-corrected chi connectivity index (χ1v) is 16.3. The monoisotopic (exact) mass is 654 g/mol. The average molecular weight is 655 g/mol. The zero-order chi connectivity index (χ0) is 33.9. The molecule has 252 valence electrons. The molecule has 0 unspecified atom stereocenters. The summed E-state index contributed by atoms with van der Waals surface area (Å²) in [6, 6.07) is 20.7. The highest BCUT2D eigenvalue weighted by atomic mass is 16.4. The maximum Gasteiger partial charge on any atom is 0.326 e. The maximum atomic E-state index is 13.6. The molecule has 1 saturated heterocycles. The van der Waals surface area contributed by atoms with Gasteiger partial charge < -0.3 is 36.2 Å². The Labute approximate surface area is 279 Å². The standard InChI is InChI=1S/C36H42N6O6/c43-32-14-16-41-18-20-42(21-19-41)17-15-33(44)38-29-12-8-27(9-13-29)23-31(36(47)48)40-35(46)30(22-26-6-10-28(37-32)11-7-26)39-34(45)24-25-4-2-1-3-5-25/h1-13,30-31H,14-24H2,(H,37,43)(H,38,44)(H,39,45)(H,40,46)(H,47,48)/t30-,31+/m1/s1. The van der Waals surface area contributed by atoms with Crippen LogP contribution in [0.15, 0.2) is 78.9 Å². The van der Waals surface area contributed by atoms with Gasteiger partial charge in [-0.15, -0.1) is 0 Å². The molecule has 0 saturated carbocycles. The van der Waals surface area contributed by atoms with E-state index in [2.05, 4.69) is 31.1 Å². The number of nitrogens with one attached hydrogen (secondary N) is 4. The summed E-state index contributed by atoms with van der Waals surface area (Å²) in [7, 11) is 0. The Bertz CT molecular complexity index is 1570. The normalized spacial score (nSPS) is 22.7. The van der Waals surface area contributed by atoms with Crippen molar-refractivity contribution in [3.63, 3.8) is 0 Å². The van der Waals surface area contributed by atoms with Crippen LogP contribution in [0.3, 0.4) is 0 Å². The van der Waals surface area contributed by atoms with E-state index in [4.69, 9.17) is 0 Å². The number of rotatable bonds is 4. The number of piperazine rings is 1. The minimum Gasteiger partial charge on any atom is -0.480 e. The van der Waals surface area contributed by atoms with Crippen LogP contribution < -0.4 is 21.3 Å². The molecule has 6 bridgehead atoms. The summed E-state index contributed by atoms with van der Waals surface area (Å²) in [6.07, 6.45) is 0.826. The molecule has 0 aliphatic carbocycles. The van der Waals surface area contributed by atoms with E-state index in [0.717, 1.165) is 37.3 Å². The summed E-state index contributed by atoms with van der Waals surface area (Å²) in [6.45, 7) is 4.53. The lowest BCUT2D eigenvalue weighted by atomic mass is 10.0. The average Bonchev–Trinajstić information content (AvgIpc) is 3.08. The predicted molar refractivity (Wildman–Crippen MR) is 181 cm³/mol. The Morgan fingerprint density at radius 1 is 0.688 bits per heavy atom. The summed E-state index contributed by atoms with van der Waals surface area (Å²) in [5.74, 6) is -2.46. The smallest absolute Gasteiger partial charge is 0.326 e. The number of carboxylic acids is 1. The molecule has 2 atom stereocenters. The second kappa shape index (κ2) is 16.7. The van der Waals surface area contributed by atoms with Gasteiger partial charge in [-0.05, 0) is 41.0 Å². The fourth-order valence-electron chi connectivity index (χ4n) is 5.83. The zero-order valence-corrected chi connectivity index (χ0v) is 26.8. The fraction of sp³-hybridized carbons (Fsp3) is 0.361. The number of fused-ring (bicyclic) bond motifs is 3. The Balaban J connectivity index is 1.34. The van der Waals surface area contributed by atoms with Crippen molar-refractivity contribution in [2.75, 3.05) is 49.9 Å². The number of aliphatic carboxylic acids is 1. The quantitative estimate of drug-likeness (QED) is 0.286. The van der Waals surface area contributed by atoms with Gasteiger partial charge in [0.2, 0.25) is 23.6 Å². The Morgan fingerprint density at radius 2 is 1.19 bits per heavy atom. The number of nitrogens with zero attached hydrogens (tertiary/aromatic N) is 2. The molecule has 5 aliphatic rings. The minimum absolute atomic E-state index is 0.000351. The third kappa shape index (κ3) is 10.5. The number of carbonyl (C=O) groups excluding carboxylic acids is 4. The Kier molecular flexibility index (Phi) is 11.9. The summed E-state index contributed by atoms with van der Waals surface area (Å²) < 4.78 is 0. The van der Waals surface area contributed by atoms with E-state index < -0.39 is 24.0 Å². The molecule has 48 heavy (non-hydrogen) atoms. The molecule has 8 rings (SSSR count). The van der Waals surface area contributed by atoms with Gasteiger partial charge in [0, 0.05) is 76.3 Å². The second-order valence-corrected chi connectivity index (χ2v) is 12.3. The van der Waals surface area contributed by atoms with Crippen molar-refractivity contribution in [1.29, 1.82) is 0 Å². The van der Waals surface area contributed by atoms with Gasteiger partial charge in [0.05, 0.1) is 6.42 Å². The van der Waals surface area contributed by atoms with E-state index in [-0.39, 0.29) is 37.0 Å². The van der Waals surface area contributed by atoms with Crippen LogP contribution >= 0.6 is 0 Å². The first-order valence-electron chi connectivity index (χ1n) is 16.3. The van der Waals surface area contributed by atoms with E-state index in [0.29, 0.717) is 42.9 Å². The van der Waals surface area contributed by atoms with E-state index in [9.17, 15) is 29.1 Å². The molecule has 12 nitrogen and oxygen atoms in total. The summed E-state index contributed by atoms with van der Waals surface area (Å²) in [5, 5.41) is 21.2. The van der Waals surface area contributed by atoms with Gasteiger partial charge in [0.1, 0.15) is 12.1 Å². The maximum absolute atomic E-state index is 13.6. The molecule has 3 aromatic carbocycles. The molecule has 0 spiro atoms. The van der Waals surface area contributed by atoms with Crippen LogP contribution in [0.5, 0.6) is 0 Å². The number of hydrogen-bond acceptors (Lipinski definition) is 7. The van der Waals surface area contributed by atoms with Crippen LogP contribution in [0.4, 0.5) is 11.4 Å². The minimum atomic E-state index is -1.26. The number of benzene rings is 3. The lowest BCUT2D eigenvalue weighted by Crippen LogP contribution is -2.53. The summed E-state index contributed by atoms with van der Waals surface area (Å²) in [5.41, 5.74) is 3.35. The van der Waals surface area contributed by atoms with E-state index in [1.807, 2.05) is 30.3 Å². The van der Waals surface area contributed by atoms with Gasteiger partial charge in [-0.1, -0.05) is 54.6 Å². The van der Waals surface area contributed by atoms with Crippen LogP contribution in [0.1, 0.15) is 29.5 Å². The third-order valence-corrected chi connectivity index (χ3v) is 8.60. The Morgan fingerprint density at radius 3 is 1.69 bits per heavy atom. The number of anilines is 2. The molecule has 1 fully saturated rings. The number of amides is 4. The Hall–Kier alpha value is -5.07. The highest BCUT2D eigenvalue weighted by molar-refractivity contribution is 5.92. The SMILES string of the molecule is O=C1CCN2CCN(CCC(=O)Nc3ccc(cc3)C[C@@H](NC(=O)Cc3ccccc3)C(=O)N[C@H](C(=O)O)Cc3ccc(cc3)N1)CC2. The van der Waals surface area contributed by atoms with E-state index in [1.165, 1.54) is 0 Å². The fourth-order valence-corrected chi connectivity index (χ4v) is 5.83. The summed E-state index contributed by atoms with van der Waals surface area (Å²) in [4.78, 5) is 68.7. The van der Waals surface area contributed by atoms with Crippen molar-refractivity contribution >= 4 is 41.0 Å². The van der Waals surface area contributed by atoms with Gasteiger partial charge in [-0.25, -0.2) is 4.79 Å². The number of carbonyl (C=O) groups is 5. The first-order chi connectivity index (χ1) is 23.2.